The van der Waals surface area contributed by atoms with Crippen LogP contribution in [0.1, 0.15) is 51.7 Å². The molecule has 2 rings (SSSR count). The van der Waals surface area contributed by atoms with E-state index in [1.165, 1.54) is 29.8 Å². The van der Waals surface area contributed by atoms with Crippen molar-refractivity contribution < 1.29 is 0 Å². The molecular formula is C19H32N2. The van der Waals surface area contributed by atoms with E-state index in [4.69, 9.17) is 5.73 Å². The summed E-state index contributed by atoms with van der Waals surface area (Å²) in [5.74, 6) is 1.55. The first-order valence-electron chi connectivity index (χ1n) is 8.54. The van der Waals surface area contributed by atoms with Gasteiger partial charge in [-0.2, -0.15) is 0 Å². The van der Waals surface area contributed by atoms with Crippen LogP contribution >= 0.6 is 0 Å². The molecule has 0 aliphatic carbocycles. The van der Waals surface area contributed by atoms with Crippen molar-refractivity contribution in [2.45, 2.75) is 66.0 Å². The van der Waals surface area contributed by atoms with E-state index in [9.17, 15) is 0 Å². The molecule has 0 radical (unpaired) electrons. The summed E-state index contributed by atoms with van der Waals surface area (Å²) in [7, 11) is 0. The molecule has 2 N–H and O–H groups in total. The second kappa shape index (κ2) is 6.83. The quantitative estimate of drug-likeness (QED) is 0.902. The first-order chi connectivity index (χ1) is 9.92. The molecule has 1 heterocycles. The molecule has 4 unspecified atom stereocenters. The fraction of sp³-hybridized carbons (Fsp3) is 0.684. The van der Waals surface area contributed by atoms with Crippen LogP contribution in [0.15, 0.2) is 18.2 Å². The maximum atomic E-state index is 6.10. The van der Waals surface area contributed by atoms with Crippen LogP contribution in [-0.2, 0) is 6.42 Å². The Hall–Kier alpha value is -1.02. The lowest BCUT2D eigenvalue weighted by Crippen LogP contribution is -2.45. The van der Waals surface area contributed by atoms with Crippen LogP contribution in [0.3, 0.4) is 0 Å². The Balaban J connectivity index is 2.19. The van der Waals surface area contributed by atoms with Crippen molar-refractivity contribution >= 4 is 5.69 Å². The zero-order chi connectivity index (χ0) is 15.6. The van der Waals surface area contributed by atoms with E-state index >= 15 is 0 Å². The number of aryl methyl sites for hydroxylation is 1. The third kappa shape index (κ3) is 3.79. The smallest absolute Gasteiger partial charge is 0.0371 e. The van der Waals surface area contributed by atoms with Crippen molar-refractivity contribution in [2.75, 3.05) is 11.4 Å². The average Bonchev–Trinajstić information content (AvgIpc) is 2.44. The van der Waals surface area contributed by atoms with Crippen LogP contribution in [0.25, 0.3) is 0 Å². The van der Waals surface area contributed by atoms with Gasteiger partial charge in [-0.1, -0.05) is 26.8 Å². The van der Waals surface area contributed by atoms with Crippen LogP contribution in [-0.4, -0.2) is 18.6 Å². The van der Waals surface area contributed by atoms with E-state index in [0.29, 0.717) is 6.04 Å². The Labute approximate surface area is 130 Å². The van der Waals surface area contributed by atoms with E-state index < -0.39 is 0 Å². The standard InChI is InChI=1S/C19H32N2/c1-6-18(20)11-17-7-8-19(10-15(17)4)21-12-13(2)9-14(3)16(21)5/h7-8,10,13-14,16,18H,6,9,11-12,20H2,1-5H3. The van der Waals surface area contributed by atoms with Crippen LogP contribution < -0.4 is 10.6 Å². The van der Waals surface area contributed by atoms with Gasteiger partial charge in [0.25, 0.3) is 0 Å². The lowest BCUT2D eigenvalue weighted by molar-refractivity contribution is 0.297. The highest BCUT2D eigenvalue weighted by Gasteiger charge is 2.28. The van der Waals surface area contributed by atoms with E-state index in [1.807, 2.05) is 0 Å². The van der Waals surface area contributed by atoms with Gasteiger partial charge in [-0.3, -0.25) is 0 Å². The van der Waals surface area contributed by atoms with Gasteiger partial charge in [0, 0.05) is 24.3 Å². The topological polar surface area (TPSA) is 29.3 Å². The van der Waals surface area contributed by atoms with Gasteiger partial charge >= 0.3 is 0 Å². The Bertz CT molecular complexity index is 469. The first kappa shape index (κ1) is 16.4. The highest BCUT2D eigenvalue weighted by molar-refractivity contribution is 5.52. The van der Waals surface area contributed by atoms with Gasteiger partial charge in [0.15, 0.2) is 0 Å². The number of nitrogens with zero attached hydrogens (tertiary/aromatic N) is 1. The van der Waals surface area contributed by atoms with Gasteiger partial charge in [0.2, 0.25) is 0 Å². The van der Waals surface area contributed by atoms with Gasteiger partial charge in [-0.15, -0.1) is 0 Å². The molecule has 2 heteroatoms. The molecule has 1 aromatic rings. The highest BCUT2D eigenvalue weighted by Crippen LogP contribution is 2.32. The van der Waals surface area contributed by atoms with E-state index in [-0.39, 0.29) is 6.04 Å². The highest BCUT2D eigenvalue weighted by atomic mass is 15.2. The molecule has 0 spiro atoms. The second-order valence-corrected chi connectivity index (χ2v) is 7.19. The maximum Gasteiger partial charge on any atom is 0.0371 e. The van der Waals surface area contributed by atoms with Crippen molar-refractivity contribution in [2.24, 2.45) is 17.6 Å². The third-order valence-corrected chi connectivity index (χ3v) is 5.26. The minimum atomic E-state index is 0.281. The SMILES string of the molecule is CCC(N)Cc1ccc(N2CC(C)CC(C)C2C)cc1C. The first-order valence-corrected chi connectivity index (χ1v) is 8.54. The molecule has 0 amide bonds. The summed E-state index contributed by atoms with van der Waals surface area (Å²) in [6.45, 7) is 12.7. The summed E-state index contributed by atoms with van der Waals surface area (Å²) in [5, 5.41) is 0. The van der Waals surface area contributed by atoms with Gasteiger partial charge < -0.3 is 10.6 Å². The molecule has 21 heavy (non-hydrogen) atoms. The summed E-state index contributed by atoms with van der Waals surface area (Å²) < 4.78 is 0. The monoisotopic (exact) mass is 288 g/mol. The second-order valence-electron chi connectivity index (χ2n) is 7.19. The van der Waals surface area contributed by atoms with Crippen molar-refractivity contribution in [3.8, 4) is 0 Å². The van der Waals surface area contributed by atoms with Gasteiger partial charge in [0.05, 0.1) is 0 Å². The summed E-state index contributed by atoms with van der Waals surface area (Å²) in [6.07, 6.45) is 3.38. The predicted octanol–water partition coefficient (Wildman–Crippen LogP) is 4.15. The number of benzene rings is 1. The molecule has 1 saturated heterocycles. The van der Waals surface area contributed by atoms with Crippen LogP contribution in [0.4, 0.5) is 5.69 Å². The minimum absolute atomic E-state index is 0.281. The van der Waals surface area contributed by atoms with Crippen molar-refractivity contribution in [1.29, 1.82) is 0 Å². The zero-order valence-corrected chi connectivity index (χ0v) is 14.4. The van der Waals surface area contributed by atoms with Crippen LogP contribution in [0, 0.1) is 18.8 Å². The summed E-state index contributed by atoms with van der Waals surface area (Å²) in [5.41, 5.74) is 10.3. The molecule has 0 aromatic heterocycles. The lowest BCUT2D eigenvalue weighted by Gasteiger charge is -2.43. The normalized spacial score (nSPS) is 27.7. The van der Waals surface area contributed by atoms with E-state index in [1.54, 1.807) is 0 Å². The van der Waals surface area contributed by atoms with Crippen molar-refractivity contribution in [3.05, 3.63) is 29.3 Å². The Kier molecular flexibility index (Phi) is 5.32. The summed E-state index contributed by atoms with van der Waals surface area (Å²) >= 11 is 0. The molecule has 1 aliphatic rings. The molecule has 2 nitrogen and oxygen atoms in total. The van der Waals surface area contributed by atoms with Gasteiger partial charge in [-0.05, 0) is 68.2 Å². The molecule has 0 bridgehead atoms. The van der Waals surface area contributed by atoms with Gasteiger partial charge in [0.1, 0.15) is 0 Å². The van der Waals surface area contributed by atoms with E-state index in [0.717, 1.165) is 24.7 Å². The number of hydrogen-bond acceptors (Lipinski definition) is 2. The largest absolute Gasteiger partial charge is 0.368 e. The van der Waals surface area contributed by atoms with Gasteiger partial charge in [-0.25, -0.2) is 0 Å². The summed E-state index contributed by atoms with van der Waals surface area (Å²) in [4.78, 5) is 2.59. The number of hydrogen-bond donors (Lipinski definition) is 1. The Morgan fingerprint density at radius 2 is 2.00 bits per heavy atom. The minimum Gasteiger partial charge on any atom is -0.368 e. The Morgan fingerprint density at radius 1 is 1.29 bits per heavy atom. The molecule has 4 atom stereocenters. The van der Waals surface area contributed by atoms with Crippen LogP contribution in [0.5, 0.6) is 0 Å². The molecular weight excluding hydrogens is 256 g/mol. The average molecular weight is 288 g/mol. The van der Waals surface area contributed by atoms with Crippen LogP contribution in [0.2, 0.25) is 0 Å². The summed E-state index contributed by atoms with van der Waals surface area (Å²) in [6, 6.07) is 7.86. The molecule has 1 aromatic carbocycles. The van der Waals surface area contributed by atoms with Crippen molar-refractivity contribution in [1.82, 2.24) is 0 Å². The number of rotatable bonds is 4. The number of anilines is 1. The zero-order valence-electron chi connectivity index (χ0n) is 14.4. The molecule has 0 saturated carbocycles. The Morgan fingerprint density at radius 3 is 2.62 bits per heavy atom. The third-order valence-electron chi connectivity index (χ3n) is 5.26. The maximum absolute atomic E-state index is 6.10. The number of piperidine rings is 1. The fourth-order valence-electron chi connectivity index (χ4n) is 3.57. The molecule has 1 aliphatic heterocycles. The van der Waals surface area contributed by atoms with E-state index in [2.05, 4.69) is 57.7 Å². The lowest BCUT2D eigenvalue weighted by atomic mass is 9.85. The fourth-order valence-corrected chi connectivity index (χ4v) is 3.57. The molecule has 1 fully saturated rings. The van der Waals surface area contributed by atoms with Crippen molar-refractivity contribution in [3.63, 3.8) is 0 Å². The number of nitrogens with two attached hydrogens (primary N) is 1. The predicted molar refractivity (Wildman–Crippen MR) is 92.9 cm³/mol. The molecule has 118 valence electrons.